The van der Waals surface area contributed by atoms with Gasteiger partial charge in [0.05, 0.1) is 95.4 Å². The van der Waals surface area contributed by atoms with Crippen molar-refractivity contribution in [2.45, 2.75) is 225 Å². The third-order valence-electron chi connectivity index (χ3n) is 18.9. The van der Waals surface area contributed by atoms with E-state index < -0.39 is 42.2 Å². The standard InChI is InChI=1S/C43H61N4O7PS2.C32H45N2O3PS.C14H30NO5PS/c1-7-52-29-30-53-55(56,54-42(2,3)4)45-28-13-9-12-27-44-39(48)18-14-17-38-40-37(31-57-38)47(41(49)46-40)43(32-15-10-8-11-16-32,33-19-23-35(50-5)24-20-33)34-21-25-36(51-6)26-22-34;1-26(2)36-38(39,37-31(3,4)5)34-25-15-9-14-24-33-32(27-16-10-7-11-17-27,28-18-12-8-13-19-28)29-20-22-30(35-6)23-21-29;1-7-18-10-11-19-21(22,20-14(3,4)5)15-12(2)8-9-13(16)17-6/h8,10-11,15-16,19-26,37-38,40H,7,9,12-14,17-18,27-31H2,1-6H3,(H,44,48)(H,45,56)(H,46,49);7-8,10-13,16-23,26,33H,9,14-15,24-25H2,1-6H3,(H,34,39);12H,7-11H2,1-6H3,(H,15,22). The summed E-state index contributed by atoms with van der Waals surface area (Å²) >= 11 is 19.0. The number of hydrogen-bond donors (Lipinski definition) is 6. The average Bonchev–Trinajstić information content (AvgIpc) is 1.50. The van der Waals surface area contributed by atoms with Crippen molar-refractivity contribution in [3.63, 3.8) is 0 Å². The van der Waals surface area contributed by atoms with Gasteiger partial charge in [-0.05, 0) is 254 Å². The van der Waals surface area contributed by atoms with Crippen molar-refractivity contribution in [3.8, 4) is 17.2 Å². The Morgan fingerprint density at radius 3 is 1.39 bits per heavy atom. The Morgan fingerprint density at radius 2 is 0.932 bits per heavy atom. The van der Waals surface area contributed by atoms with Crippen LogP contribution in [0.2, 0.25) is 0 Å². The summed E-state index contributed by atoms with van der Waals surface area (Å²) in [5.74, 6) is 2.94. The first-order chi connectivity index (χ1) is 56.1. The first-order valence-corrected chi connectivity index (χ1v) is 50.3. The molecule has 0 aromatic heterocycles. The number of carbonyl (C=O) groups is 3. The molecule has 0 saturated carbocycles. The number of unbranched alkanes of at least 4 members (excludes halogenated alkanes) is 4. The van der Waals surface area contributed by atoms with Gasteiger partial charge < -0.3 is 71.1 Å². The molecule has 2 aliphatic rings. The molecule has 118 heavy (non-hydrogen) atoms. The van der Waals surface area contributed by atoms with Crippen LogP contribution >= 0.6 is 31.7 Å². The predicted molar refractivity (Wildman–Crippen MR) is 491 cm³/mol. The van der Waals surface area contributed by atoms with Crippen molar-refractivity contribution < 1.29 is 69.9 Å². The number of benzene rings is 6. The molecular weight excluding hydrogens is 1630 g/mol. The quantitative estimate of drug-likeness (QED) is 0.00684. The highest BCUT2D eigenvalue weighted by Gasteiger charge is 2.57. The van der Waals surface area contributed by atoms with Gasteiger partial charge in [-0.3, -0.25) is 14.9 Å². The highest BCUT2D eigenvalue weighted by Crippen LogP contribution is 2.53. The lowest BCUT2D eigenvalue weighted by Gasteiger charge is -2.45. The fourth-order valence-corrected chi connectivity index (χ4v) is 25.0. The van der Waals surface area contributed by atoms with Crippen molar-refractivity contribution >= 4 is 85.0 Å². The maximum Gasteiger partial charge on any atom is 0.319 e. The Bertz CT molecular complexity index is 3950. The van der Waals surface area contributed by atoms with Crippen molar-refractivity contribution in [1.29, 1.82) is 0 Å². The topological polar surface area (TPSA) is 237 Å². The van der Waals surface area contributed by atoms with Gasteiger partial charge in [0.2, 0.25) is 5.91 Å². The number of fused-ring (bicyclic) bond motifs is 1. The van der Waals surface area contributed by atoms with Crippen LogP contribution in [0.4, 0.5) is 4.79 Å². The predicted octanol–water partition coefficient (Wildman–Crippen LogP) is 18.8. The summed E-state index contributed by atoms with van der Waals surface area (Å²) in [5.41, 5.74) is 3.87. The fourth-order valence-electron chi connectivity index (χ4n) is 13.9. The Balaban J connectivity index is 0.000000305. The first kappa shape index (κ1) is 102. The Labute approximate surface area is 725 Å². The van der Waals surface area contributed by atoms with Crippen LogP contribution in [0.1, 0.15) is 201 Å². The molecule has 0 spiro atoms. The molecule has 6 aromatic carbocycles. The molecule has 656 valence electrons. The number of methoxy groups -OCH3 is 4. The van der Waals surface area contributed by atoms with E-state index in [1.807, 2.05) is 163 Å². The summed E-state index contributed by atoms with van der Waals surface area (Å²) < 4.78 is 67.7. The number of carbonyl (C=O) groups excluding carboxylic acids is 3. The summed E-state index contributed by atoms with van der Waals surface area (Å²) in [6, 6.07) is 55.8. The molecule has 2 fully saturated rings. The number of thioether (sulfide) groups is 1. The number of nitrogens with one attached hydrogen (secondary N) is 6. The van der Waals surface area contributed by atoms with E-state index in [9.17, 15) is 14.4 Å². The fraction of sp³-hybridized carbons (Fsp3) is 0.562. The molecule has 8 rings (SSSR count). The lowest BCUT2D eigenvalue weighted by Crippen LogP contribution is -2.53. The highest BCUT2D eigenvalue weighted by atomic mass is 32.5. The Morgan fingerprint density at radius 1 is 0.517 bits per heavy atom. The van der Waals surface area contributed by atoms with Gasteiger partial charge in [0.15, 0.2) is 0 Å². The largest absolute Gasteiger partial charge is 0.497 e. The Hall–Kier alpha value is -5.25. The number of nitrogens with zero attached hydrogens (tertiary/aromatic N) is 1. The van der Waals surface area contributed by atoms with Crippen LogP contribution in [-0.4, -0.2) is 169 Å². The maximum absolute atomic E-state index is 14.4. The van der Waals surface area contributed by atoms with Crippen molar-refractivity contribution in [3.05, 3.63) is 197 Å². The van der Waals surface area contributed by atoms with E-state index in [1.165, 1.54) is 23.8 Å². The molecule has 7 unspecified atom stereocenters. The minimum Gasteiger partial charge on any atom is -0.497 e. The molecule has 3 amide bonds. The Kier molecular flexibility index (Phi) is 43.5. The van der Waals surface area contributed by atoms with Crippen LogP contribution < -0.4 is 45.4 Å². The van der Waals surface area contributed by atoms with Gasteiger partial charge in [0.25, 0.3) is 19.9 Å². The van der Waals surface area contributed by atoms with E-state index in [2.05, 4.69) is 150 Å². The number of hydrogen-bond acceptors (Lipinski definition) is 20. The van der Waals surface area contributed by atoms with Crippen LogP contribution in [0.3, 0.4) is 0 Å². The molecule has 0 aliphatic carbocycles. The zero-order chi connectivity index (χ0) is 86.5. The number of rotatable bonds is 49. The minimum absolute atomic E-state index is 0.0111. The molecule has 22 nitrogen and oxygen atoms in total. The van der Waals surface area contributed by atoms with Crippen LogP contribution in [0.5, 0.6) is 17.2 Å². The minimum atomic E-state index is -2.65. The van der Waals surface area contributed by atoms with Gasteiger partial charge in [-0.1, -0.05) is 140 Å². The van der Waals surface area contributed by atoms with Gasteiger partial charge in [-0.2, -0.15) is 11.8 Å². The summed E-state index contributed by atoms with van der Waals surface area (Å²) in [7, 11) is 6.39. The summed E-state index contributed by atoms with van der Waals surface area (Å²) in [5, 5.41) is 20.6. The molecule has 6 aromatic rings. The summed E-state index contributed by atoms with van der Waals surface area (Å²) in [4.78, 5) is 40.5. The monoisotopic (exact) mass is 1760 g/mol. The molecule has 7 atom stereocenters. The van der Waals surface area contributed by atoms with Crippen LogP contribution in [0, 0.1) is 0 Å². The van der Waals surface area contributed by atoms with Gasteiger partial charge in [-0.15, -0.1) is 0 Å². The normalized spacial score (nSPS) is 16.8. The van der Waals surface area contributed by atoms with Crippen LogP contribution in [0.15, 0.2) is 164 Å². The highest BCUT2D eigenvalue weighted by molar-refractivity contribution is 8.09. The van der Waals surface area contributed by atoms with E-state index in [0.717, 1.165) is 104 Å². The van der Waals surface area contributed by atoms with Gasteiger partial charge in [0.1, 0.15) is 22.8 Å². The van der Waals surface area contributed by atoms with Crippen molar-refractivity contribution in [2.24, 2.45) is 0 Å². The van der Waals surface area contributed by atoms with Crippen LogP contribution in [-0.2, 0) is 97.4 Å². The second kappa shape index (κ2) is 50.5. The zero-order valence-electron chi connectivity index (χ0n) is 73.1. The third-order valence-corrected chi connectivity index (χ3v) is 29.1. The molecule has 0 bridgehead atoms. The average molecular weight is 1770 g/mol. The van der Waals surface area contributed by atoms with Gasteiger partial charge in [0, 0.05) is 62.7 Å². The molecule has 0 radical (unpaired) electrons. The zero-order valence-corrected chi connectivity index (χ0v) is 79.0. The second-order valence-electron chi connectivity index (χ2n) is 32.1. The van der Waals surface area contributed by atoms with E-state index >= 15 is 0 Å². The van der Waals surface area contributed by atoms with E-state index in [4.69, 9.17) is 86.2 Å². The first-order valence-electron chi connectivity index (χ1n) is 41.4. The van der Waals surface area contributed by atoms with Gasteiger partial charge in [-0.25, -0.2) is 20.1 Å². The lowest BCUT2D eigenvalue weighted by molar-refractivity contribution is -0.140. The molecule has 2 heterocycles. The van der Waals surface area contributed by atoms with E-state index in [1.54, 1.807) is 21.3 Å². The number of amides is 3. The maximum atomic E-state index is 14.4. The second-order valence-corrected chi connectivity index (χ2v) is 42.8. The van der Waals surface area contributed by atoms with Crippen molar-refractivity contribution in [1.82, 2.24) is 36.1 Å². The lowest BCUT2D eigenvalue weighted by atomic mass is 9.74. The number of esters is 1. The summed E-state index contributed by atoms with van der Waals surface area (Å²) in [6.07, 6.45) is 8.73. The number of urea groups is 1. The van der Waals surface area contributed by atoms with Crippen LogP contribution in [0.25, 0.3) is 0 Å². The molecule has 29 heteroatoms. The molecule has 2 saturated heterocycles. The van der Waals surface area contributed by atoms with E-state index in [-0.39, 0.29) is 53.0 Å². The molecular formula is C89H136N7O15P3S4. The summed E-state index contributed by atoms with van der Waals surface area (Å²) in [6.45, 7) is 25.6. The third kappa shape index (κ3) is 33.4. The van der Waals surface area contributed by atoms with E-state index in [0.29, 0.717) is 72.0 Å². The number of ether oxygens (including phenoxy) is 6. The SMILES string of the molecule is CCOCCOP(=S)(NC(C)CCC(=O)OC)OC(C)(C)C.CCOCCOP(=S)(NCCCCCNC(=O)CCCC1SCC2C1NC(=O)N2C(c1ccccc1)(c1ccc(OC)cc1)c1ccc(OC)cc1)OC(C)(C)C.COc1ccc(C(NCCCCCNP(=S)(OC(C)C)OC(C)(C)C)(c2ccccc2)c2ccccc2)cc1. The van der Waals surface area contributed by atoms with Crippen molar-refractivity contribution in [2.75, 3.05) is 100 Å². The molecule has 2 aliphatic heterocycles. The smallest absolute Gasteiger partial charge is 0.319 e. The molecule has 6 N–H and O–H groups in total. The van der Waals surface area contributed by atoms with Gasteiger partial charge >= 0.3 is 12.0 Å².